The Morgan fingerprint density at radius 2 is 2.11 bits per heavy atom. The van der Waals surface area contributed by atoms with Gasteiger partial charge in [-0.15, -0.1) is 0 Å². The smallest absolute Gasteiger partial charge is 0.407 e. The van der Waals surface area contributed by atoms with Gasteiger partial charge >= 0.3 is 6.09 Å². The lowest BCUT2D eigenvalue weighted by Crippen LogP contribution is -2.43. The zero-order valence-corrected chi connectivity index (χ0v) is 10.3. The predicted octanol–water partition coefficient (Wildman–Crippen LogP) is 1.88. The van der Waals surface area contributed by atoms with Gasteiger partial charge in [-0.1, -0.05) is 12.1 Å². The van der Waals surface area contributed by atoms with Crippen LogP contribution in [0.4, 0.5) is 9.18 Å². The van der Waals surface area contributed by atoms with Gasteiger partial charge in [-0.2, -0.15) is 0 Å². The summed E-state index contributed by atoms with van der Waals surface area (Å²) >= 11 is 0. The van der Waals surface area contributed by atoms with Crippen LogP contribution in [0.1, 0.15) is 18.4 Å². The van der Waals surface area contributed by atoms with Crippen molar-refractivity contribution in [3.63, 3.8) is 0 Å². The van der Waals surface area contributed by atoms with Gasteiger partial charge in [-0.25, -0.2) is 9.18 Å². The molecule has 0 radical (unpaired) electrons. The van der Waals surface area contributed by atoms with Crippen molar-refractivity contribution < 1.29 is 14.3 Å². The van der Waals surface area contributed by atoms with Gasteiger partial charge in [-0.05, 0) is 24.6 Å². The Balaban J connectivity index is 2.21. The van der Waals surface area contributed by atoms with E-state index in [-0.39, 0.29) is 17.8 Å². The number of carbonyl (C=O) groups is 1. The van der Waals surface area contributed by atoms with Gasteiger partial charge in [-0.3, -0.25) is 0 Å². The fraction of sp³-hybridized carbons (Fsp3) is 0.462. The molecule has 0 unspecified atom stereocenters. The number of halogens is 1. The third kappa shape index (κ3) is 2.46. The molecule has 98 valence electrons. The molecule has 2 N–H and O–H groups in total. The van der Waals surface area contributed by atoms with E-state index in [4.69, 9.17) is 0 Å². The molecule has 0 spiro atoms. The van der Waals surface area contributed by atoms with Crippen molar-refractivity contribution in [2.24, 2.45) is 0 Å². The molecule has 1 aromatic rings. The Kier molecular flexibility index (Phi) is 3.81. The number of amides is 1. The highest BCUT2D eigenvalue weighted by Crippen LogP contribution is 2.27. The molecule has 1 heterocycles. The van der Waals surface area contributed by atoms with Crippen LogP contribution in [0.3, 0.4) is 0 Å². The highest BCUT2D eigenvalue weighted by molar-refractivity contribution is 5.65. The Morgan fingerprint density at radius 1 is 1.44 bits per heavy atom. The van der Waals surface area contributed by atoms with Crippen molar-refractivity contribution in [3.8, 4) is 0 Å². The molecule has 1 aliphatic rings. The highest BCUT2D eigenvalue weighted by Gasteiger charge is 2.34. The molecule has 18 heavy (non-hydrogen) atoms. The predicted molar refractivity (Wildman–Crippen MR) is 66.2 cm³/mol. The molecule has 2 rings (SSSR count). The molecule has 0 aromatic heterocycles. The van der Waals surface area contributed by atoms with Crippen molar-refractivity contribution in [2.45, 2.75) is 18.9 Å². The molecule has 1 aromatic carbocycles. The SMILES string of the molecule is CCN(C(=O)O)[C@@H]1CNC[C@H]1c1ccc(F)cc1. The fourth-order valence-corrected chi connectivity index (χ4v) is 2.55. The minimum Gasteiger partial charge on any atom is -0.465 e. The average Bonchev–Trinajstić information content (AvgIpc) is 2.79. The van der Waals surface area contributed by atoms with Crippen molar-refractivity contribution >= 4 is 6.09 Å². The summed E-state index contributed by atoms with van der Waals surface area (Å²) in [4.78, 5) is 12.6. The van der Waals surface area contributed by atoms with Crippen LogP contribution in [0.2, 0.25) is 0 Å². The van der Waals surface area contributed by atoms with Crippen LogP contribution in [0, 0.1) is 5.82 Å². The second-order valence-electron chi connectivity index (χ2n) is 4.45. The van der Waals surface area contributed by atoms with Gasteiger partial charge in [0, 0.05) is 25.6 Å². The molecule has 5 heteroatoms. The zero-order valence-electron chi connectivity index (χ0n) is 10.3. The monoisotopic (exact) mass is 252 g/mol. The Morgan fingerprint density at radius 3 is 2.67 bits per heavy atom. The van der Waals surface area contributed by atoms with E-state index in [1.807, 2.05) is 6.92 Å². The maximum absolute atomic E-state index is 12.9. The highest BCUT2D eigenvalue weighted by atomic mass is 19.1. The lowest BCUT2D eigenvalue weighted by molar-refractivity contribution is 0.127. The van der Waals surface area contributed by atoms with Gasteiger partial charge in [0.2, 0.25) is 0 Å². The zero-order chi connectivity index (χ0) is 13.1. The van der Waals surface area contributed by atoms with E-state index in [1.165, 1.54) is 17.0 Å². The van der Waals surface area contributed by atoms with Gasteiger partial charge < -0.3 is 15.3 Å². The average molecular weight is 252 g/mol. The number of hydrogen-bond acceptors (Lipinski definition) is 2. The van der Waals surface area contributed by atoms with E-state index in [2.05, 4.69) is 5.32 Å². The molecule has 2 atom stereocenters. The summed E-state index contributed by atoms with van der Waals surface area (Å²) < 4.78 is 12.9. The Labute approximate surface area is 105 Å². The van der Waals surface area contributed by atoms with Gasteiger partial charge in [0.05, 0.1) is 6.04 Å². The second-order valence-corrected chi connectivity index (χ2v) is 4.45. The minimum atomic E-state index is -0.904. The van der Waals surface area contributed by atoms with Crippen LogP contribution >= 0.6 is 0 Å². The van der Waals surface area contributed by atoms with Crippen molar-refractivity contribution in [1.82, 2.24) is 10.2 Å². The maximum atomic E-state index is 12.9. The summed E-state index contributed by atoms with van der Waals surface area (Å²) in [5.74, 6) is -0.187. The number of nitrogens with one attached hydrogen (secondary N) is 1. The largest absolute Gasteiger partial charge is 0.465 e. The normalized spacial score (nSPS) is 23.0. The van der Waals surface area contributed by atoms with Crippen LogP contribution in [0.15, 0.2) is 24.3 Å². The van der Waals surface area contributed by atoms with E-state index in [0.717, 1.165) is 12.1 Å². The Bertz CT molecular complexity index is 422. The molecule has 1 amide bonds. The molecule has 0 aliphatic carbocycles. The molecular weight excluding hydrogens is 235 g/mol. The molecule has 0 bridgehead atoms. The standard InChI is InChI=1S/C13H17FN2O2/c1-2-16(13(17)18)12-8-15-7-11(12)9-3-5-10(14)6-4-9/h3-6,11-12,15H,2,7-8H2,1H3,(H,17,18)/t11-,12+/m0/s1. The van der Waals surface area contributed by atoms with E-state index >= 15 is 0 Å². The number of nitrogens with zero attached hydrogens (tertiary/aromatic N) is 1. The quantitative estimate of drug-likeness (QED) is 0.863. The van der Waals surface area contributed by atoms with Crippen LogP contribution in [-0.2, 0) is 0 Å². The van der Waals surface area contributed by atoms with Crippen molar-refractivity contribution in [2.75, 3.05) is 19.6 Å². The fourth-order valence-electron chi connectivity index (χ4n) is 2.55. The Hall–Kier alpha value is -1.62. The molecule has 1 saturated heterocycles. The number of rotatable bonds is 3. The first kappa shape index (κ1) is 12.8. The molecule has 1 aliphatic heterocycles. The number of carboxylic acid groups (broad SMARTS) is 1. The summed E-state index contributed by atoms with van der Waals surface area (Å²) in [6.07, 6.45) is -0.904. The summed E-state index contributed by atoms with van der Waals surface area (Å²) in [5.41, 5.74) is 0.978. The van der Waals surface area contributed by atoms with E-state index in [9.17, 15) is 14.3 Å². The van der Waals surface area contributed by atoms with Crippen LogP contribution in [-0.4, -0.2) is 41.8 Å². The summed E-state index contributed by atoms with van der Waals surface area (Å²) in [5, 5.41) is 12.4. The summed E-state index contributed by atoms with van der Waals surface area (Å²) in [6, 6.07) is 6.22. The van der Waals surface area contributed by atoms with E-state index in [1.54, 1.807) is 12.1 Å². The van der Waals surface area contributed by atoms with Crippen molar-refractivity contribution in [3.05, 3.63) is 35.6 Å². The topological polar surface area (TPSA) is 52.6 Å². The molecule has 0 saturated carbocycles. The maximum Gasteiger partial charge on any atom is 0.407 e. The first-order valence-corrected chi connectivity index (χ1v) is 6.09. The number of benzene rings is 1. The minimum absolute atomic E-state index is 0.0849. The third-order valence-corrected chi connectivity index (χ3v) is 3.47. The van der Waals surface area contributed by atoms with Gasteiger partial charge in [0.15, 0.2) is 0 Å². The second kappa shape index (κ2) is 5.35. The summed E-state index contributed by atoms with van der Waals surface area (Å²) in [6.45, 7) is 3.65. The number of hydrogen-bond donors (Lipinski definition) is 2. The van der Waals surface area contributed by atoms with Crippen LogP contribution in [0.25, 0.3) is 0 Å². The number of likely N-dealkylation sites (N-methyl/N-ethyl adjacent to an activating group) is 1. The van der Waals surface area contributed by atoms with Gasteiger partial charge in [0.1, 0.15) is 5.82 Å². The lowest BCUT2D eigenvalue weighted by atomic mass is 9.93. The molecule has 4 nitrogen and oxygen atoms in total. The third-order valence-electron chi connectivity index (χ3n) is 3.47. The van der Waals surface area contributed by atoms with E-state index < -0.39 is 6.09 Å². The first-order valence-electron chi connectivity index (χ1n) is 6.09. The first-order chi connectivity index (χ1) is 8.63. The molecular formula is C13H17FN2O2. The van der Waals surface area contributed by atoms with E-state index in [0.29, 0.717) is 13.1 Å². The molecule has 1 fully saturated rings. The van der Waals surface area contributed by atoms with Crippen LogP contribution in [0.5, 0.6) is 0 Å². The van der Waals surface area contributed by atoms with Gasteiger partial charge in [0.25, 0.3) is 0 Å². The lowest BCUT2D eigenvalue weighted by Gasteiger charge is -2.29. The summed E-state index contributed by atoms with van der Waals surface area (Å²) in [7, 11) is 0. The van der Waals surface area contributed by atoms with Crippen molar-refractivity contribution in [1.29, 1.82) is 0 Å². The van der Waals surface area contributed by atoms with Crippen LogP contribution < -0.4 is 5.32 Å².